The van der Waals surface area contributed by atoms with E-state index in [0.29, 0.717) is 32.7 Å². The number of hydrogen-bond acceptors (Lipinski definition) is 4. The van der Waals surface area contributed by atoms with Crippen molar-refractivity contribution in [2.24, 2.45) is 0 Å². The van der Waals surface area contributed by atoms with E-state index in [1.54, 1.807) is 0 Å². The van der Waals surface area contributed by atoms with Crippen LogP contribution in [0.2, 0.25) is 0 Å². The molecule has 1 fully saturated rings. The summed E-state index contributed by atoms with van der Waals surface area (Å²) in [5.74, 6) is 0.872. The van der Waals surface area contributed by atoms with Crippen LogP contribution in [-0.4, -0.2) is 45.0 Å². The Morgan fingerprint density at radius 3 is 2.96 bits per heavy atom. The number of carbonyl (C=O) groups excluding carboxylic acids is 1. The highest BCUT2D eigenvalue weighted by Gasteiger charge is 2.15. The molecule has 0 spiro atoms. The van der Waals surface area contributed by atoms with Crippen LogP contribution in [0.4, 0.5) is 4.79 Å². The van der Waals surface area contributed by atoms with E-state index in [4.69, 9.17) is 13.9 Å². The molecule has 1 aromatic carbocycles. The SMILES string of the molecule is O=C(NCCOC[C@@H]1CCCO1)NCCc1cc2ccccc2o1. The first-order valence-corrected chi connectivity index (χ1v) is 8.50. The third-order valence-corrected chi connectivity index (χ3v) is 3.99. The summed E-state index contributed by atoms with van der Waals surface area (Å²) in [7, 11) is 0. The van der Waals surface area contributed by atoms with Crippen LogP contribution in [0.3, 0.4) is 0 Å². The Morgan fingerprint density at radius 2 is 2.12 bits per heavy atom. The van der Waals surface area contributed by atoms with E-state index >= 15 is 0 Å². The van der Waals surface area contributed by atoms with Gasteiger partial charge in [-0.25, -0.2) is 4.79 Å². The second-order valence-corrected chi connectivity index (χ2v) is 5.89. The predicted molar refractivity (Wildman–Crippen MR) is 91.1 cm³/mol. The Bertz CT molecular complexity index is 616. The van der Waals surface area contributed by atoms with E-state index in [1.807, 2.05) is 30.3 Å². The maximum atomic E-state index is 11.7. The average molecular weight is 332 g/mol. The average Bonchev–Trinajstić information content (AvgIpc) is 3.23. The van der Waals surface area contributed by atoms with Gasteiger partial charge in [-0.2, -0.15) is 0 Å². The molecule has 0 saturated carbocycles. The van der Waals surface area contributed by atoms with Gasteiger partial charge in [0.2, 0.25) is 0 Å². The monoisotopic (exact) mass is 332 g/mol. The van der Waals surface area contributed by atoms with Crippen LogP contribution in [0.1, 0.15) is 18.6 Å². The topological polar surface area (TPSA) is 72.7 Å². The summed E-state index contributed by atoms with van der Waals surface area (Å²) in [6.45, 7) is 2.96. The van der Waals surface area contributed by atoms with Gasteiger partial charge in [-0.05, 0) is 25.0 Å². The first-order valence-electron chi connectivity index (χ1n) is 8.50. The number of urea groups is 1. The quantitative estimate of drug-likeness (QED) is 0.729. The smallest absolute Gasteiger partial charge is 0.314 e. The number of carbonyl (C=O) groups is 1. The van der Waals surface area contributed by atoms with Gasteiger partial charge >= 0.3 is 6.03 Å². The number of furan rings is 1. The number of nitrogens with one attached hydrogen (secondary N) is 2. The van der Waals surface area contributed by atoms with Gasteiger partial charge in [-0.3, -0.25) is 0 Å². The van der Waals surface area contributed by atoms with Crippen molar-refractivity contribution in [2.45, 2.75) is 25.4 Å². The molecule has 2 heterocycles. The number of hydrogen-bond donors (Lipinski definition) is 2. The van der Waals surface area contributed by atoms with Crippen molar-refractivity contribution in [2.75, 3.05) is 32.9 Å². The molecule has 3 rings (SSSR count). The molecule has 2 amide bonds. The summed E-state index contributed by atoms with van der Waals surface area (Å²) in [5.41, 5.74) is 0.875. The minimum absolute atomic E-state index is 0.188. The maximum absolute atomic E-state index is 11.7. The van der Waals surface area contributed by atoms with Crippen LogP contribution in [-0.2, 0) is 15.9 Å². The van der Waals surface area contributed by atoms with Crippen molar-refractivity contribution >= 4 is 17.0 Å². The summed E-state index contributed by atoms with van der Waals surface area (Å²) in [5, 5.41) is 6.68. The molecule has 1 aliphatic rings. The second kappa shape index (κ2) is 8.70. The zero-order valence-electron chi connectivity index (χ0n) is 13.8. The van der Waals surface area contributed by atoms with Crippen molar-refractivity contribution in [1.82, 2.24) is 10.6 Å². The van der Waals surface area contributed by atoms with Crippen LogP contribution in [0, 0.1) is 0 Å². The fraction of sp³-hybridized carbons (Fsp3) is 0.500. The van der Waals surface area contributed by atoms with E-state index in [0.717, 1.165) is 36.2 Å². The van der Waals surface area contributed by atoms with Crippen molar-refractivity contribution < 1.29 is 18.7 Å². The van der Waals surface area contributed by atoms with Gasteiger partial charge < -0.3 is 24.5 Å². The lowest BCUT2D eigenvalue weighted by atomic mass is 10.2. The molecule has 130 valence electrons. The Kier molecular flexibility index (Phi) is 6.09. The van der Waals surface area contributed by atoms with E-state index in [-0.39, 0.29) is 12.1 Å². The zero-order chi connectivity index (χ0) is 16.6. The van der Waals surface area contributed by atoms with Crippen LogP contribution < -0.4 is 10.6 Å². The largest absolute Gasteiger partial charge is 0.461 e. The van der Waals surface area contributed by atoms with Crippen molar-refractivity contribution in [1.29, 1.82) is 0 Å². The molecule has 6 heteroatoms. The molecule has 2 aromatic rings. The fourth-order valence-electron chi connectivity index (χ4n) is 2.75. The standard InChI is InChI=1S/C18H24N2O4/c21-18(20-9-11-22-13-16-5-3-10-23-16)19-8-7-15-12-14-4-1-2-6-17(14)24-15/h1-2,4,6,12,16H,3,5,7-11,13H2,(H2,19,20,21)/t16-/m0/s1. The molecule has 1 saturated heterocycles. The van der Waals surface area contributed by atoms with Crippen LogP contribution >= 0.6 is 0 Å². The van der Waals surface area contributed by atoms with Gasteiger partial charge in [-0.15, -0.1) is 0 Å². The molecule has 1 aromatic heterocycles. The van der Waals surface area contributed by atoms with Gasteiger partial charge in [0.15, 0.2) is 0 Å². The highest BCUT2D eigenvalue weighted by Crippen LogP contribution is 2.18. The molecule has 0 bridgehead atoms. The number of fused-ring (bicyclic) bond motifs is 1. The summed E-state index contributed by atoms with van der Waals surface area (Å²) in [4.78, 5) is 11.7. The predicted octanol–water partition coefficient (Wildman–Crippen LogP) is 2.47. The van der Waals surface area contributed by atoms with Crippen LogP contribution in [0.15, 0.2) is 34.7 Å². The molecule has 1 aliphatic heterocycles. The van der Waals surface area contributed by atoms with Gasteiger partial charge in [0.1, 0.15) is 11.3 Å². The highest BCUT2D eigenvalue weighted by atomic mass is 16.5. The number of amides is 2. The summed E-state index contributed by atoms with van der Waals surface area (Å²) < 4.78 is 16.7. The summed E-state index contributed by atoms with van der Waals surface area (Å²) >= 11 is 0. The molecule has 0 unspecified atom stereocenters. The molecular weight excluding hydrogens is 308 g/mol. The number of para-hydroxylation sites is 1. The Labute approximate surface area is 141 Å². The van der Waals surface area contributed by atoms with E-state index in [2.05, 4.69) is 10.6 Å². The van der Waals surface area contributed by atoms with Gasteiger partial charge in [0, 0.05) is 31.5 Å². The van der Waals surface area contributed by atoms with Crippen LogP contribution in [0.5, 0.6) is 0 Å². The van der Waals surface area contributed by atoms with Gasteiger partial charge in [0.05, 0.1) is 19.3 Å². The third kappa shape index (κ3) is 4.97. The number of ether oxygens (including phenoxy) is 2. The Balaban J connectivity index is 1.25. The molecule has 2 N–H and O–H groups in total. The summed E-state index contributed by atoms with van der Waals surface area (Å²) in [6, 6.07) is 9.70. The normalized spacial score (nSPS) is 17.2. The first kappa shape index (κ1) is 16.8. The fourth-order valence-corrected chi connectivity index (χ4v) is 2.75. The molecule has 1 atom stereocenters. The Hall–Kier alpha value is -2.05. The van der Waals surface area contributed by atoms with Crippen LogP contribution in [0.25, 0.3) is 11.0 Å². The van der Waals surface area contributed by atoms with Gasteiger partial charge in [0.25, 0.3) is 0 Å². The molecule has 0 radical (unpaired) electrons. The first-order chi connectivity index (χ1) is 11.8. The van der Waals surface area contributed by atoms with Crippen molar-refractivity contribution in [3.05, 3.63) is 36.1 Å². The van der Waals surface area contributed by atoms with E-state index in [1.165, 1.54) is 0 Å². The Morgan fingerprint density at radius 1 is 1.25 bits per heavy atom. The van der Waals surface area contributed by atoms with E-state index < -0.39 is 0 Å². The maximum Gasteiger partial charge on any atom is 0.314 e. The molecule has 0 aliphatic carbocycles. The zero-order valence-corrected chi connectivity index (χ0v) is 13.8. The molecule has 24 heavy (non-hydrogen) atoms. The number of benzene rings is 1. The number of rotatable bonds is 8. The van der Waals surface area contributed by atoms with Crippen molar-refractivity contribution in [3.63, 3.8) is 0 Å². The third-order valence-electron chi connectivity index (χ3n) is 3.99. The lowest BCUT2D eigenvalue weighted by Crippen LogP contribution is -2.38. The molecule has 6 nitrogen and oxygen atoms in total. The van der Waals surface area contributed by atoms with E-state index in [9.17, 15) is 4.79 Å². The minimum atomic E-state index is -0.188. The lowest BCUT2D eigenvalue weighted by Gasteiger charge is -2.11. The summed E-state index contributed by atoms with van der Waals surface area (Å²) in [6.07, 6.45) is 3.07. The highest BCUT2D eigenvalue weighted by molar-refractivity contribution is 5.77. The minimum Gasteiger partial charge on any atom is -0.461 e. The second-order valence-electron chi connectivity index (χ2n) is 5.89. The van der Waals surface area contributed by atoms with Gasteiger partial charge in [-0.1, -0.05) is 18.2 Å². The molecular formula is C18H24N2O4. The lowest BCUT2D eigenvalue weighted by molar-refractivity contribution is 0.0188. The van der Waals surface area contributed by atoms with Crippen molar-refractivity contribution in [3.8, 4) is 0 Å².